The van der Waals surface area contributed by atoms with E-state index in [4.69, 9.17) is 14.2 Å². The van der Waals surface area contributed by atoms with Gasteiger partial charge in [0.15, 0.2) is 11.5 Å². The zero-order chi connectivity index (χ0) is 22.4. The molecule has 0 atom stereocenters. The molecule has 1 amide bonds. The minimum Gasteiger partial charge on any atom is -0.492 e. The molecule has 1 fully saturated rings. The average Bonchev–Trinajstić information content (AvgIpc) is 3.56. The van der Waals surface area contributed by atoms with Crippen molar-refractivity contribution < 1.29 is 23.8 Å². The summed E-state index contributed by atoms with van der Waals surface area (Å²) in [5.74, 6) is 1.83. The van der Waals surface area contributed by atoms with Crippen LogP contribution in [0.3, 0.4) is 0 Å². The van der Waals surface area contributed by atoms with Crippen LogP contribution >= 0.6 is 0 Å². The van der Waals surface area contributed by atoms with Gasteiger partial charge in [0.25, 0.3) is 0 Å². The summed E-state index contributed by atoms with van der Waals surface area (Å²) in [4.78, 5) is 27.8. The van der Waals surface area contributed by atoms with Crippen molar-refractivity contribution in [3.63, 3.8) is 0 Å². The first kappa shape index (κ1) is 20.4. The lowest BCUT2D eigenvalue weighted by Gasteiger charge is -2.20. The van der Waals surface area contributed by atoms with Gasteiger partial charge in [-0.15, -0.1) is 0 Å². The molecule has 0 radical (unpaired) electrons. The molecule has 1 saturated carbocycles. The Morgan fingerprint density at radius 2 is 2.00 bits per heavy atom. The Morgan fingerprint density at radius 1 is 1.19 bits per heavy atom. The summed E-state index contributed by atoms with van der Waals surface area (Å²) in [5, 5.41) is 2.98. The second-order valence-electron chi connectivity index (χ2n) is 8.54. The monoisotopic (exact) mass is 434 g/mol. The first-order chi connectivity index (χ1) is 15.5. The number of carbonyl (C=O) groups is 2. The Labute approximate surface area is 186 Å². The third-order valence-corrected chi connectivity index (χ3v) is 6.30. The van der Waals surface area contributed by atoms with Gasteiger partial charge in [0.2, 0.25) is 24.2 Å². The van der Waals surface area contributed by atoms with Crippen molar-refractivity contribution in [1.82, 2.24) is 4.90 Å². The van der Waals surface area contributed by atoms with E-state index in [9.17, 15) is 9.59 Å². The number of ether oxygens (including phenoxy) is 3. The number of ketones is 1. The largest absolute Gasteiger partial charge is 0.492 e. The van der Waals surface area contributed by atoms with Gasteiger partial charge in [0, 0.05) is 36.3 Å². The van der Waals surface area contributed by atoms with Crippen LogP contribution in [-0.2, 0) is 11.2 Å². The van der Waals surface area contributed by atoms with Crippen LogP contribution in [0.15, 0.2) is 30.0 Å². The van der Waals surface area contributed by atoms with Crippen LogP contribution in [0.2, 0.25) is 0 Å². The highest BCUT2D eigenvalue weighted by molar-refractivity contribution is 6.12. The maximum absolute atomic E-state index is 13.6. The first-order valence-corrected chi connectivity index (χ1v) is 10.8. The van der Waals surface area contributed by atoms with Gasteiger partial charge in [0.05, 0.1) is 12.8 Å². The number of amides is 1. The third kappa shape index (κ3) is 3.57. The topological polar surface area (TPSA) is 77.1 Å². The average molecular weight is 434 g/mol. The van der Waals surface area contributed by atoms with E-state index in [1.54, 1.807) is 13.2 Å². The van der Waals surface area contributed by atoms with Crippen molar-refractivity contribution in [1.29, 1.82) is 0 Å². The second kappa shape index (κ2) is 7.89. The number of nitrogens with zero attached hydrogens (tertiary/aromatic N) is 1. The lowest BCUT2D eigenvalue weighted by Crippen LogP contribution is -2.25. The number of rotatable bonds is 5. The fourth-order valence-electron chi connectivity index (χ4n) is 4.17. The zero-order valence-electron chi connectivity index (χ0n) is 18.5. The number of carbonyl (C=O) groups excluding carboxylic acids is 2. The number of hydrogen-bond donors (Lipinski definition) is 1. The van der Waals surface area contributed by atoms with Crippen molar-refractivity contribution in [3.05, 3.63) is 52.2 Å². The zero-order valence-corrected chi connectivity index (χ0v) is 18.5. The van der Waals surface area contributed by atoms with E-state index in [2.05, 4.69) is 5.32 Å². The number of Topliss-reactive ketones (excluding diaryl/α,β-unsaturated/α-hetero) is 1. The molecule has 166 valence electrons. The molecule has 2 aromatic carbocycles. The quantitative estimate of drug-likeness (QED) is 0.722. The van der Waals surface area contributed by atoms with Gasteiger partial charge in [-0.05, 0) is 55.5 Å². The van der Waals surface area contributed by atoms with Crippen molar-refractivity contribution in [2.24, 2.45) is 5.92 Å². The lowest BCUT2D eigenvalue weighted by molar-refractivity contribution is -0.117. The summed E-state index contributed by atoms with van der Waals surface area (Å²) >= 11 is 0. The highest BCUT2D eigenvalue weighted by Gasteiger charge is 2.31. The van der Waals surface area contributed by atoms with Gasteiger partial charge in [0.1, 0.15) is 0 Å². The normalized spacial score (nSPS) is 16.7. The third-order valence-electron chi connectivity index (χ3n) is 6.30. The predicted octanol–water partition coefficient (Wildman–Crippen LogP) is 3.79. The fraction of sp³-hybridized carbons (Fsp3) is 0.360. The number of anilines is 1. The number of methoxy groups -OCH3 is 1. The van der Waals surface area contributed by atoms with E-state index in [-0.39, 0.29) is 24.4 Å². The van der Waals surface area contributed by atoms with Crippen LogP contribution in [-0.4, -0.2) is 44.1 Å². The minimum absolute atomic E-state index is 0.0261. The Bertz CT molecular complexity index is 1150. The van der Waals surface area contributed by atoms with Gasteiger partial charge in [-0.2, -0.15) is 0 Å². The van der Waals surface area contributed by atoms with Crippen LogP contribution in [0.4, 0.5) is 5.69 Å². The van der Waals surface area contributed by atoms with Crippen molar-refractivity contribution in [2.75, 3.05) is 32.8 Å². The van der Waals surface area contributed by atoms with E-state index in [0.717, 1.165) is 36.0 Å². The number of likely N-dealkylation sites (N-methyl/N-ethyl adjacent to an activating group) is 1. The van der Waals surface area contributed by atoms with Gasteiger partial charge in [-0.25, -0.2) is 0 Å². The molecule has 1 aliphatic carbocycles. The number of aryl methyl sites for hydroxylation is 1. The molecule has 0 aromatic heterocycles. The molecule has 0 saturated heterocycles. The van der Waals surface area contributed by atoms with Crippen molar-refractivity contribution >= 4 is 23.5 Å². The Balaban J connectivity index is 1.53. The summed E-state index contributed by atoms with van der Waals surface area (Å²) in [6.07, 6.45) is 4.47. The van der Waals surface area contributed by atoms with Gasteiger partial charge >= 0.3 is 0 Å². The maximum atomic E-state index is 13.6. The van der Waals surface area contributed by atoms with Gasteiger partial charge < -0.3 is 24.4 Å². The molecule has 0 unspecified atom stereocenters. The van der Waals surface area contributed by atoms with E-state index in [0.29, 0.717) is 40.7 Å². The van der Waals surface area contributed by atoms with Crippen molar-refractivity contribution in [3.8, 4) is 17.2 Å². The number of fused-ring (bicyclic) bond motifs is 2. The molecule has 2 aromatic rings. The number of allylic oxidation sites excluding steroid dienone is 1. The van der Waals surface area contributed by atoms with E-state index >= 15 is 0 Å². The molecule has 1 N–H and O–H groups in total. The molecule has 7 nitrogen and oxygen atoms in total. The van der Waals surface area contributed by atoms with E-state index in [1.807, 2.05) is 43.1 Å². The van der Waals surface area contributed by atoms with Gasteiger partial charge in [-0.1, -0.05) is 12.1 Å². The first-order valence-electron chi connectivity index (χ1n) is 10.8. The Hall–Kier alpha value is -3.48. The molecule has 32 heavy (non-hydrogen) atoms. The molecule has 0 bridgehead atoms. The number of hydrogen-bond acceptors (Lipinski definition) is 6. The smallest absolute Gasteiger partial charge is 0.231 e. The van der Waals surface area contributed by atoms with Crippen LogP contribution in [0.5, 0.6) is 17.2 Å². The second-order valence-corrected chi connectivity index (χ2v) is 8.54. The summed E-state index contributed by atoms with van der Waals surface area (Å²) in [6, 6.07) is 7.42. The molecule has 7 heteroatoms. The summed E-state index contributed by atoms with van der Waals surface area (Å²) in [5.41, 5.74) is 4.58. The summed E-state index contributed by atoms with van der Waals surface area (Å²) in [6.45, 7) is 2.75. The highest BCUT2D eigenvalue weighted by Crippen LogP contribution is 2.46. The van der Waals surface area contributed by atoms with Crippen LogP contribution in [0.1, 0.15) is 39.9 Å². The molecule has 2 heterocycles. The van der Waals surface area contributed by atoms with Crippen LogP contribution < -0.4 is 19.5 Å². The fourth-order valence-corrected chi connectivity index (χ4v) is 4.17. The minimum atomic E-state index is -0.109. The molecule has 2 aliphatic heterocycles. The molecular formula is C25H26N2O5. The van der Waals surface area contributed by atoms with E-state index in [1.165, 1.54) is 0 Å². The SMILES string of the molecule is COc1c2c(cc3c1OCO3)CCN(C)C(C(=O)c1ccc(C)c(NC(=O)C3CC3)c1)=C2. The Morgan fingerprint density at radius 3 is 2.75 bits per heavy atom. The Kier molecular flexibility index (Phi) is 5.04. The molecule has 5 rings (SSSR count). The number of nitrogens with one attached hydrogen (secondary N) is 1. The molecule has 0 spiro atoms. The molecular weight excluding hydrogens is 408 g/mol. The standard InChI is InChI=1S/C25H26N2O5/c1-14-4-5-17(10-19(14)26-25(29)15-6-7-15)22(28)20-12-18-16(8-9-27(20)2)11-21-24(23(18)30-3)32-13-31-21/h4-5,10-12,15H,6-9,13H2,1-3H3,(H,26,29). The maximum Gasteiger partial charge on any atom is 0.231 e. The number of benzene rings is 2. The van der Waals surface area contributed by atoms with Crippen molar-refractivity contribution in [2.45, 2.75) is 26.2 Å². The van der Waals surface area contributed by atoms with Crippen LogP contribution in [0.25, 0.3) is 6.08 Å². The molecule has 3 aliphatic rings. The van der Waals surface area contributed by atoms with E-state index < -0.39 is 0 Å². The predicted molar refractivity (Wildman–Crippen MR) is 120 cm³/mol. The summed E-state index contributed by atoms with van der Waals surface area (Å²) in [7, 11) is 3.50. The highest BCUT2D eigenvalue weighted by atomic mass is 16.7. The van der Waals surface area contributed by atoms with Gasteiger partial charge in [-0.3, -0.25) is 9.59 Å². The summed E-state index contributed by atoms with van der Waals surface area (Å²) < 4.78 is 16.8. The van der Waals surface area contributed by atoms with Crippen LogP contribution in [0, 0.1) is 12.8 Å². The lowest BCUT2D eigenvalue weighted by atomic mass is 10.00.